The number of nitrogens with zero attached hydrogens (tertiary/aromatic N) is 2. The van der Waals surface area contributed by atoms with Gasteiger partial charge in [-0.3, -0.25) is 13.9 Å². The molecule has 0 aliphatic heterocycles. The number of likely N-dealkylation sites (N-methyl/N-ethyl adjacent to an activating group) is 1. The predicted octanol–water partition coefficient (Wildman–Crippen LogP) is 5.34. The molecule has 10 nitrogen and oxygen atoms in total. The fourth-order valence-corrected chi connectivity index (χ4v) is 6.66. The van der Waals surface area contributed by atoms with Gasteiger partial charge in [0.1, 0.15) is 18.3 Å². The lowest BCUT2D eigenvalue weighted by Gasteiger charge is -2.33. The maximum Gasteiger partial charge on any atom is 0.264 e. The van der Waals surface area contributed by atoms with Crippen LogP contribution in [0, 0.1) is 0 Å². The number of ether oxygens (including phenoxy) is 3. The van der Waals surface area contributed by atoms with E-state index in [1.807, 2.05) is 37.3 Å². The Hall–Kier alpha value is -4.74. The number of methoxy groups -OCH3 is 2. The summed E-state index contributed by atoms with van der Waals surface area (Å²) >= 11 is 6.52. The quantitative estimate of drug-likeness (QED) is 0.181. The predicted molar refractivity (Wildman–Crippen MR) is 182 cm³/mol. The number of benzene rings is 4. The molecule has 1 N–H and O–H groups in total. The minimum Gasteiger partial charge on any atom is -0.494 e. The number of anilines is 1. The Labute approximate surface area is 280 Å². The van der Waals surface area contributed by atoms with Crippen LogP contribution in [0.3, 0.4) is 0 Å². The average molecular weight is 680 g/mol. The van der Waals surface area contributed by atoms with Crippen LogP contribution in [0.5, 0.6) is 17.2 Å². The lowest BCUT2D eigenvalue weighted by atomic mass is 10.0. The minimum absolute atomic E-state index is 0.0447. The van der Waals surface area contributed by atoms with Gasteiger partial charge in [-0.25, -0.2) is 8.42 Å². The van der Waals surface area contributed by atoms with Crippen LogP contribution in [0.1, 0.15) is 18.1 Å². The van der Waals surface area contributed by atoms with Gasteiger partial charge in [0, 0.05) is 31.1 Å². The molecule has 0 aromatic heterocycles. The molecular formula is C35H38ClN3O7S. The van der Waals surface area contributed by atoms with E-state index in [1.54, 1.807) is 48.5 Å². The number of hydrogen-bond acceptors (Lipinski definition) is 7. The lowest BCUT2D eigenvalue weighted by molar-refractivity contribution is -0.139. The molecule has 12 heteroatoms. The van der Waals surface area contributed by atoms with Crippen molar-refractivity contribution in [1.82, 2.24) is 10.2 Å². The monoisotopic (exact) mass is 679 g/mol. The maximum absolute atomic E-state index is 14.5. The van der Waals surface area contributed by atoms with Gasteiger partial charge in [-0.1, -0.05) is 60.1 Å². The van der Waals surface area contributed by atoms with E-state index in [9.17, 15) is 18.0 Å². The Morgan fingerprint density at radius 1 is 0.872 bits per heavy atom. The maximum atomic E-state index is 14.5. The molecule has 0 radical (unpaired) electrons. The molecule has 0 saturated carbocycles. The Morgan fingerprint density at radius 2 is 1.53 bits per heavy atom. The van der Waals surface area contributed by atoms with Crippen molar-refractivity contribution in [3.05, 3.63) is 113 Å². The molecule has 4 aromatic rings. The summed E-state index contributed by atoms with van der Waals surface area (Å²) in [5, 5.41) is 3.07. The summed E-state index contributed by atoms with van der Waals surface area (Å²) in [4.78, 5) is 29.2. The average Bonchev–Trinajstić information content (AvgIpc) is 3.09. The van der Waals surface area contributed by atoms with Crippen LogP contribution in [0.25, 0.3) is 0 Å². The first kappa shape index (κ1) is 35.1. The molecule has 4 aromatic carbocycles. The summed E-state index contributed by atoms with van der Waals surface area (Å²) in [6, 6.07) is 25.9. The van der Waals surface area contributed by atoms with Crippen molar-refractivity contribution in [2.24, 2.45) is 0 Å². The van der Waals surface area contributed by atoms with Crippen molar-refractivity contribution in [1.29, 1.82) is 0 Å². The second kappa shape index (κ2) is 16.2. The molecular weight excluding hydrogens is 642 g/mol. The van der Waals surface area contributed by atoms with Crippen molar-refractivity contribution in [2.45, 2.75) is 30.8 Å². The van der Waals surface area contributed by atoms with E-state index >= 15 is 0 Å². The highest BCUT2D eigenvalue weighted by molar-refractivity contribution is 7.92. The molecule has 0 fully saturated rings. The van der Waals surface area contributed by atoms with Gasteiger partial charge >= 0.3 is 0 Å². The highest BCUT2D eigenvalue weighted by Gasteiger charge is 2.35. The van der Waals surface area contributed by atoms with E-state index in [4.69, 9.17) is 25.8 Å². The van der Waals surface area contributed by atoms with Crippen molar-refractivity contribution in [3.8, 4) is 17.2 Å². The Morgan fingerprint density at radius 3 is 2.15 bits per heavy atom. The third-order valence-corrected chi connectivity index (χ3v) is 9.61. The van der Waals surface area contributed by atoms with Gasteiger partial charge < -0.3 is 24.4 Å². The van der Waals surface area contributed by atoms with Gasteiger partial charge in [-0.15, -0.1) is 0 Å². The number of carbonyl (C=O) groups is 2. The van der Waals surface area contributed by atoms with Crippen molar-refractivity contribution in [2.75, 3.05) is 38.7 Å². The van der Waals surface area contributed by atoms with Gasteiger partial charge in [0.05, 0.1) is 31.4 Å². The molecule has 1 atom stereocenters. The zero-order valence-electron chi connectivity index (χ0n) is 26.7. The zero-order chi connectivity index (χ0) is 34.0. The fraction of sp³-hybridized carbons (Fsp3) is 0.257. The molecule has 0 spiro atoms. The third kappa shape index (κ3) is 8.55. The molecule has 0 bridgehead atoms. The number of sulfonamides is 1. The summed E-state index contributed by atoms with van der Waals surface area (Å²) in [6.45, 7) is 1.59. The Kier molecular flexibility index (Phi) is 12.1. The Balaban J connectivity index is 1.82. The fourth-order valence-electron chi connectivity index (χ4n) is 5.04. The number of carbonyl (C=O) groups excluding carboxylic acids is 2. The second-order valence-corrected chi connectivity index (χ2v) is 12.7. The van der Waals surface area contributed by atoms with Crippen molar-refractivity contribution >= 4 is 39.1 Å². The summed E-state index contributed by atoms with van der Waals surface area (Å²) in [6.07, 6.45) is 0.183. The molecule has 0 saturated heterocycles. The van der Waals surface area contributed by atoms with E-state index in [0.29, 0.717) is 28.7 Å². The third-order valence-electron chi connectivity index (χ3n) is 7.47. The molecule has 47 heavy (non-hydrogen) atoms. The van der Waals surface area contributed by atoms with Crippen LogP contribution in [0.15, 0.2) is 102 Å². The van der Waals surface area contributed by atoms with Crippen LogP contribution in [-0.4, -0.2) is 65.6 Å². The highest BCUT2D eigenvalue weighted by Crippen LogP contribution is 2.33. The second-order valence-electron chi connectivity index (χ2n) is 10.4. The first-order valence-electron chi connectivity index (χ1n) is 14.9. The standard InChI is InChI=1S/C35H38ClN3O7S/c1-5-46-28-17-15-27(16-18-28)39(47(42,43)29-19-20-32(44-3)33(22-29)45-4)24-34(40)38(23-26-13-9-10-14-30(26)36)31(35(41)37-2)21-25-11-7-6-8-12-25/h6-20,22,31H,5,21,23-24H2,1-4H3,(H,37,41)/t31-/m0/s1. The SMILES string of the molecule is CCOc1ccc(N(CC(=O)N(Cc2ccccc2Cl)[C@@H](Cc2ccccc2)C(=O)NC)S(=O)(=O)c2ccc(OC)c(OC)c2)cc1. The molecule has 0 aliphatic carbocycles. The molecule has 0 aliphatic rings. The van der Waals surface area contributed by atoms with E-state index in [-0.39, 0.29) is 29.3 Å². The minimum atomic E-state index is -4.37. The number of nitrogens with one attached hydrogen (secondary N) is 1. The smallest absolute Gasteiger partial charge is 0.264 e. The van der Waals surface area contributed by atoms with Gasteiger partial charge in [0.25, 0.3) is 10.0 Å². The van der Waals surface area contributed by atoms with E-state index < -0.39 is 34.4 Å². The van der Waals surface area contributed by atoms with Gasteiger partial charge in [0.2, 0.25) is 11.8 Å². The van der Waals surface area contributed by atoms with Crippen LogP contribution in [0.2, 0.25) is 5.02 Å². The topological polar surface area (TPSA) is 114 Å². The number of rotatable bonds is 15. The van der Waals surface area contributed by atoms with Gasteiger partial charge in [-0.05, 0) is 60.5 Å². The summed E-state index contributed by atoms with van der Waals surface area (Å²) in [5.74, 6) is 0.0516. The van der Waals surface area contributed by atoms with Crippen LogP contribution >= 0.6 is 11.6 Å². The highest BCUT2D eigenvalue weighted by atomic mass is 35.5. The normalized spacial score (nSPS) is 11.7. The number of amides is 2. The number of halogens is 1. The van der Waals surface area contributed by atoms with E-state index in [1.165, 1.54) is 44.4 Å². The molecule has 0 unspecified atom stereocenters. The summed E-state index contributed by atoms with van der Waals surface area (Å²) in [7, 11) is -0.0314. The summed E-state index contributed by atoms with van der Waals surface area (Å²) < 4.78 is 46.0. The zero-order valence-corrected chi connectivity index (χ0v) is 28.3. The van der Waals surface area contributed by atoms with Crippen LogP contribution < -0.4 is 23.8 Å². The van der Waals surface area contributed by atoms with Gasteiger partial charge in [0.15, 0.2) is 11.5 Å². The van der Waals surface area contributed by atoms with Crippen LogP contribution in [0.4, 0.5) is 5.69 Å². The molecule has 0 heterocycles. The van der Waals surface area contributed by atoms with E-state index in [2.05, 4.69) is 5.32 Å². The largest absolute Gasteiger partial charge is 0.494 e. The molecule has 2 amide bonds. The van der Waals surface area contributed by atoms with Gasteiger partial charge in [-0.2, -0.15) is 0 Å². The molecule has 248 valence electrons. The van der Waals surface area contributed by atoms with E-state index in [0.717, 1.165) is 9.87 Å². The first-order chi connectivity index (χ1) is 22.6. The van der Waals surface area contributed by atoms with Crippen molar-refractivity contribution in [3.63, 3.8) is 0 Å². The molecule has 4 rings (SSSR count). The Bertz CT molecular complexity index is 1770. The van der Waals surface area contributed by atoms with Crippen molar-refractivity contribution < 1.29 is 32.2 Å². The number of hydrogen-bond donors (Lipinski definition) is 1. The lowest BCUT2D eigenvalue weighted by Crippen LogP contribution is -2.53. The van der Waals surface area contributed by atoms with Crippen LogP contribution in [-0.2, 0) is 32.6 Å². The first-order valence-corrected chi connectivity index (χ1v) is 16.7. The summed E-state index contributed by atoms with van der Waals surface area (Å²) in [5.41, 5.74) is 1.63.